The molecule has 2 unspecified atom stereocenters. The topological polar surface area (TPSA) is 35.2 Å². The van der Waals surface area contributed by atoms with Crippen LogP contribution in [-0.2, 0) is 11.3 Å². The first kappa shape index (κ1) is 11.1. The lowest BCUT2D eigenvalue weighted by Gasteiger charge is -2.13. The summed E-state index contributed by atoms with van der Waals surface area (Å²) in [6.45, 7) is 2.33. The van der Waals surface area contributed by atoms with E-state index in [1.807, 2.05) is 37.3 Å². The lowest BCUT2D eigenvalue weighted by atomic mass is 10.2. The SMILES string of the molecule is CC(CC(N)F)OCc1ccccc1. The zero-order chi connectivity index (χ0) is 10.4. The van der Waals surface area contributed by atoms with Crippen molar-refractivity contribution >= 4 is 0 Å². The molecule has 1 rings (SSSR count). The predicted molar refractivity (Wildman–Crippen MR) is 54.4 cm³/mol. The molecule has 0 fully saturated rings. The monoisotopic (exact) mass is 197 g/mol. The van der Waals surface area contributed by atoms with E-state index in [4.69, 9.17) is 10.5 Å². The summed E-state index contributed by atoms with van der Waals surface area (Å²) in [5.74, 6) is 0. The quantitative estimate of drug-likeness (QED) is 0.735. The highest BCUT2D eigenvalue weighted by atomic mass is 19.1. The minimum atomic E-state index is -1.29. The van der Waals surface area contributed by atoms with Gasteiger partial charge in [0.15, 0.2) is 6.30 Å². The maximum atomic E-state index is 12.4. The molecule has 2 nitrogen and oxygen atoms in total. The Bertz CT molecular complexity index is 251. The predicted octanol–water partition coefficient (Wildman–Crippen LogP) is 2.24. The number of nitrogens with two attached hydrogens (primary N) is 1. The first-order valence-corrected chi connectivity index (χ1v) is 4.73. The molecule has 0 saturated carbocycles. The molecule has 0 aliphatic rings. The second-order valence-corrected chi connectivity index (χ2v) is 3.36. The molecule has 0 aromatic heterocycles. The Kier molecular flexibility index (Phi) is 4.56. The van der Waals surface area contributed by atoms with Crippen molar-refractivity contribution in [2.45, 2.75) is 32.4 Å². The molecular formula is C11H16FNO. The average Bonchev–Trinajstić information content (AvgIpc) is 2.15. The number of benzene rings is 1. The van der Waals surface area contributed by atoms with Crippen LogP contribution in [0, 0.1) is 0 Å². The number of rotatable bonds is 5. The summed E-state index contributed by atoms with van der Waals surface area (Å²) in [5.41, 5.74) is 6.11. The minimum absolute atomic E-state index is 0.143. The molecule has 1 aromatic carbocycles. The van der Waals surface area contributed by atoms with E-state index in [1.165, 1.54) is 0 Å². The van der Waals surface area contributed by atoms with Gasteiger partial charge in [0, 0.05) is 6.42 Å². The van der Waals surface area contributed by atoms with Gasteiger partial charge >= 0.3 is 0 Å². The van der Waals surface area contributed by atoms with E-state index in [0.29, 0.717) is 6.61 Å². The van der Waals surface area contributed by atoms with Crippen LogP contribution in [0.4, 0.5) is 4.39 Å². The highest BCUT2D eigenvalue weighted by Gasteiger charge is 2.07. The minimum Gasteiger partial charge on any atom is -0.374 e. The molecule has 0 aliphatic carbocycles. The molecular weight excluding hydrogens is 181 g/mol. The Morgan fingerprint density at radius 1 is 1.36 bits per heavy atom. The molecule has 2 atom stereocenters. The zero-order valence-corrected chi connectivity index (χ0v) is 8.32. The van der Waals surface area contributed by atoms with Crippen LogP contribution >= 0.6 is 0 Å². The van der Waals surface area contributed by atoms with Crippen LogP contribution in [0.15, 0.2) is 30.3 Å². The van der Waals surface area contributed by atoms with Gasteiger partial charge < -0.3 is 10.5 Å². The normalized spacial score (nSPS) is 15.1. The van der Waals surface area contributed by atoms with Crippen molar-refractivity contribution in [3.05, 3.63) is 35.9 Å². The lowest BCUT2D eigenvalue weighted by Crippen LogP contribution is -2.21. The van der Waals surface area contributed by atoms with Gasteiger partial charge in [-0.05, 0) is 12.5 Å². The van der Waals surface area contributed by atoms with Crippen molar-refractivity contribution in [1.29, 1.82) is 0 Å². The molecule has 0 radical (unpaired) electrons. The molecule has 0 aliphatic heterocycles. The van der Waals surface area contributed by atoms with Gasteiger partial charge in [-0.15, -0.1) is 0 Å². The van der Waals surface area contributed by atoms with Crippen molar-refractivity contribution in [2.75, 3.05) is 0 Å². The van der Waals surface area contributed by atoms with Gasteiger partial charge in [-0.1, -0.05) is 30.3 Å². The third-order valence-electron chi connectivity index (χ3n) is 1.93. The molecule has 0 spiro atoms. The van der Waals surface area contributed by atoms with Gasteiger partial charge in [-0.25, -0.2) is 4.39 Å². The van der Waals surface area contributed by atoms with E-state index in [-0.39, 0.29) is 12.5 Å². The van der Waals surface area contributed by atoms with Crippen LogP contribution in [-0.4, -0.2) is 12.4 Å². The highest BCUT2D eigenvalue weighted by molar-refractivity contribution is 5.13. The molecule has 2 N–H and O–H groups in total. The maximum Gasteiger partial charge on any atom is 0.151 e. The number of halogens is 1. The Morgan fingerprint density at radius 3 is 2.57 bits per heavy atom. The van der Waals surface area contributed by atoms with E-state index < -0.39 is 6.30 Å². The first-order chi connectivity index (χ1) is 6.68. The third-order valence-corrected chi connectivity index (χ3v) is 1.93. The van der Waals surface area contributed by atoms with Crippen LogP contribution < -0.4 is 5.73 Å². The van der Waals surface area contributed by atoms with Gasteiger partial charge in [0.05, 0.1) is 12.7 Å². The fourth-order valence-electron chi connectivity index (χ4n) is 1.20. The van der Waals surface area contributed by atoms with Crippen LogP contribution in [0.25, 0.3) is 0 Å². The number of hydrogen-bond donors (Lipinski definition) is 1. The smallest absolute Gasteiger partial charge is 0.151 e. The second kappa shape index (κ2) is 5.73. The fraction of sp³-hybridized carbons (Fsp3) is 0.455. The van der Waals surface area contributed by atoms with Crippen molar-refractivity contribution in [1.82, 2.24) is 0 Å². The summed E-state index contributed by atoms with van der Waals surface area (Å²) in [4.78, 5) is 0. The van der Waals surface area contributed by atoms with Gasteiger partial charge in [0.2, 0.25) is 0 Å². The van der Waals surface area contributed by atoms with E-state index in [1.54, 1.807) is 0 Å². The maximum absolute atomic E-state index is 12.4. The van der Waals surface area contributed by atoms with E-state index >= 15 is 0 Å². The zero-order valence-electron chi connectivity index (χ0n) is 8.32. The van der Waals surface area contributed by atoms with Gasteiger partial charge in [0.25, 0.3) is 0 Å². The highest BCUT2D eigenvalue weighted by Crippen LogP contribution is 2.06. The Labute approximate surface area is 83.9 Å². The fourth-order valence-corrected chi connectivity index (χ4v) is 1.20. The average molecular weight is 197 g/mol. The van der Waals surface area contributed by atoms with Crippen LogP contribution in [0.3, 0.4) is 0 Å². The molecule has 0 heterocycles. The number of ether oxygens (including phenoxy) is 1. The van der Waals surface area contributed by atoms with Gasteiger partial charge in [-0.3, -0.25) is 0 Å². The largest absolute Gasteiger partial charge is 0.374 e. The number of hydrogen-bond acceptors (Lipinski definition) is 2. The first-order valence-electron chi connectivity index (χ1n) is 4.73. The molecule has 0 amide bonds. The second-order valence-electron chi connectivity index (χ2n) is 3.36. The van der Waals surface area contributed by atoms with E-state index in [0.717, 1.165) is 5.56 Å². The van der Waals surface area contributed by atoms with Crippen LogP contribution in [0.1, 0.15) is 18.9 Å². The Hall–Kier alpha value is -0.930. The van der Waals surface area contributed by atoms with Crippen molar-refractivity contribution in [3.8, 4) is 0 Å². The Morgan fingerprint density at radius 2 is 2.00 bits per heavy atom. The summed E-state index contributed by atoms with van der Waals surface area (Å²) in [7, 11) is 0. The van der Waals surface area contributed by atoms with Crippen molar-refractivity contribution < 1.29 is 9.13 Å². The summed E-state index contributed by atoms with van der Waals surface area (Å²) in [6, 6.07) is 9.79. The van der Waals surface area contributed by atoms with Crippen LogP contribution in [0.2, 0.25) is 0 Å². The van der Waals surface area contributed by atoms with Crippen molar-refractivity contribution in [2.24, 2.45) is 5.73 Å². The molecule has 0 saturated heterocycles. The Balaban J connectivity index is 2.27. The number of alkyl halides is 1. The third kappa shape index (κ3) is 4.35. The summed E-state index contributed by atoms with van der Waals surface area (Å²) >= 11 is 0. The van der Waals surface area contributed by atoms with Crippen LogP contribution in [0.5, 0.6) is 0 Å². The molecule has 1 aromatic rings. The van der Waals surface area contributed by atoms with E-state index in [9.17, 15) is 4.39 Å². The van der Waals surface area contributed by atoms with Crippen molar-refractivity contribution in [3.63, 3.8) is 0 Å². The lowest BCUT2D eigenvalue weighted by molar-refractivity contribution is 0.0322. The standard InChI is InChI=1S/C11H16FNO/c1-9(7-11(12)13)14-8-10-5-3-2-4-6-10/h2-6,9,11H,7-8,13H2,1H3. The van der Waals surface area contributed by atoms with E-state index in [2.05, 4.69) is 0 Å². The van der Waals surface area contributed by atoms with Gasteiger partial charge in [0.1, 0.15) is 0 Å². The molecule has 0 bridgehead atoms. The molecule has 78 valence electrons. The summed E-state index contributed by atoms with van der Waals surface area (Å²) in [6.07, 6.45) is -1.19. The van der Waals surface area contributed by atoms with Gasteiger partial charge in [-0.2, -0.15) is 0 Å². The molecule has 3 heteroatoms. The molecule has 14 heavy (non-hydrogen) atoms. The summed E-state index contributed by atoms with van der Waals surface area (Å²) in [5, 5.41) is 0. The summed E-state index contributed by atoms with van der Waals surface area (Å²) < 4.78 is 17.8.